The first-order valence-electron chi connectivity index (χ1n) is 6.63. The fraction of sp³-hybridized carbons (Fsp3) is 0.571. The number of fused-ring (bicyclic) bond motifs is 1. The van der Waals surface area contributed by atoms with Gasteiger partial charge in [0.05, 0.1) is 25.9 Å². The van der Waals surface area contributed by atoms with Gasteiger partial charge in [0, 0.05) is 12.5 Å². The molecule has 2 atom stereocenters. The van der Waals surface area contributed by atoms with Gasteiger partial charge in [0.2, 0.25) is 6.79 Å². The van der Waals surface area contributed by atoms with Crippen molar-refractivity contribution in [2.45, 2.75) is 12.5 Å². The fourth-order valence-corrected chi connectivity index (χ4v) is 2.32. The monoisotopic (exact) mass is 265 g/mol. The molecule has 0 amide bonds. The van der Waals surface area contributed by atoms with E-state index < -0.39 is 0 Å². The molecular weight excluding hydrogens is 246 g/mol. The van der Waals surface area contributed by atoms with Gasteiger partial charge in [-0.3, -0.25) is 0 Å². The zero-order valence-corrected chi connectivity index (χ0v) is 10.8. The van der Waals surface area contributed by atoms with Crippen molar-refractivity contribution in [1.82, 2.24) is 0 Å². The second kappa shape index (κ2) is 5.77. The highest BCUT2D eigenvalue weighted by Gasteiger charge is 2.18. The van der Waals surface area contributed by atoms with Gasteiger partial charge in [-0.2, -0.15) is 0 Å². The Morgan fingerprint density at radius 1 is 1.32 bits per heavy atom. The molecule has 0 saturated carbocycles. The highest BCUT2D eigenvalue weighted by Crippen LogP contribution is 2.33. The van der Waals surface area contributed by atoms with E-state index in [0.717, 1.165) is 43.3 Å². The normalized spacial score (nSPS) is 22.7. The molecule has 2 heterocycles. The van der Waals surface area contributed by atoms with Crippen LogP contribution in [0.1, 0.15) is 18.0 Å². The predicted molar refractivity (Wildman–Crippen MR) is 69.2 cm³/mol. The lowest BCUT2D eigenvalue weighted by Crippen LogP contribution is -2.20. The molecule has 19 heavy (non-hydrogen) atoms. The minimum absolute atomic E-state index is 0.142. The summed E-state index contributed by atoms with van der Waals surface area (Å²) in [5.74, 6) is 2.06. The second-order valence-electron chi connectivity index (χ2n) is 4.99. The van der Waals surface area contributed by atoms with Gasteiger partial charge in [-0.1, -0.05) is 6.07 Å². The molecule has 0 spiro atoms. The molecule has 3 rings (SSSR count). The van der Waals surface area contributed by atoms with Gasteiger partial charge in [-0.05, 0) is 24.1 Å². The largest absolute Gasteiger partial charge is 0.454 e. The molecule has 5 nitrogen and oxygen atoms in total. The van der Waals surface area contributed by atoms with Crippen LogP contribution in [0.4, 0.5) is 0 Å². The lowest BCUT2D eigenvalue weighted by Gasteiger charge is -2.15. The van der Waals surface area contributed by atoms with E-state index in [1.54, 1.807) is 0 Å². The standard InChI is InChI=1S/C14H19NO4/c15-12(8-17-7-10-3-4-16-6-10)11-1-2-13-14(5-11)19-9-18-13/h1-2,5,10,12H,3-4,6-9,15H2. The Kier molecular flexibility index (Phi) is 3.87. The van der Waals surface area contributed by atoms with Crippen LogP contribution in [0, 0.1) is 5.92 Å². The van der Waals surface area contributed by atoms with Crippen LogP contribution in [0.3, 0.4) is 0 Å². The van der Waals surface area contributed by atoms with Crippen LogP contribution in [0.5, 0.6) is 11.5 Å². The third-order valence-electron chi connectivity index (χ3n) is 3.50. The summed E-state index contributed by atoms with van der Waals surface area (Å²) in [6.45, 7) is 3.17. The summed E-state index contributed by atoms with van der Waals surface area (Å²) in [5.41, 5.74) is 7.13. The van der Waals surface area contributed by atoms with E-state index in [9.17, 15) is 0 Å². The number of ether oxygens (including phenoxy) is 4. The van der Waals surface area contributed by atoms with E-state index >= 15 is 0 Å². The van der Waals surface area contributed by atoms with Crippen LogP contribution in [-0.4, -0.2) is 33.2 Å². The van der Waals surface area contributed by atoms with E-state index in [1.807, 2.05) is 18.2 Å². The van der Waals surface area contributed by atoms with Crippen LogP contribution in [0.15, 0.2) is 18.2 Å². The minimum Gasteiger partial charge on any atom is -0.454 e. The molecule has 1 aromatic carbocycles. The highest BCUT2D eigenvalue weighted by atomic mass is 16.7. The van der Waals surface area contributed by atoms with E-state index in [-0.39, 0.29) is 12.8 Å². The zero-order chi connectivity index (χ0) is 13.1. The summed E-state index contributed by atoms with van der Waals surface area (Å²) >= 11 is 0. The number of hydrogen-bond acceptors (Lipinski definition) is 5. The third kappa shape index (κ3) is 3.00. The lowest BCUT2D eigenvalue weighted by molar-refractivity contribution is 0.0808. The lowest BCUT2D eigenvalue weighted by atomic mass is 10.1. The van der Waals surface area contributed by atoms with Crippen molar-refractivity contribution in [1.29, 1.82) is 0 Å². The van der Waals surface area contributed by atoms with Crippen molar-refractivity contribution >= 4 is 0 Å². The Balaban J connectivity index is 1.50. The average molecular weight is 265 g/mol. The summed E-state index contributed by atoms with van der Waals surface area (Å²) in [5, 5.41) is 0. The van der Waals surface area contributed by atoms with Crippen molar-refractivity contribution in [3.8, 4) is 11.5 Å². The smallest absolute Gasteiger partial charge is 0.231 e. The van der Waals surface area contributed by atoms with Crippen molar-refractivity contribution in [2.24, 2.45) is 11.7 Å². The molecule has 1 aromatic rings. The molecule has 2 aliphatic rings. The Labute approximate surface area is 112 Å². The Morgan fingerprint density at radius 2 is 2.21 bits per heavy atom. The number of rotatable bonds is 5. The molecule has 104 valence electrons. The number of benzene rings is 1. The number of nitrogens with two attached hydrogens (primary N) is 1. The minimum atomic E-state index is -0.142. The van der Waals surface area contributed by atoms with E-state index in [4.69, 9.17) is 24.7 Å². The Bertz CT molecular complexity index is 431. The van der Waals surface area contributed by atoms with Gasteiger partial charge < -0.3 is 24.7 Å². The van der Waals surface area contributed by atoms with Crippen LogP contribution in [-0.2, 0) is 9.47 Å². The Morgan fingerprint density at radius 3 is 3.05 bits per heavy atom. The molecule has 1 saturated heterocycles. The summed E-state index contributed by atoms with van der Waals surface area (Å²) in [4.78, 5) is 0. The molecule has 0 aromatic heterocycles. The Hall–Kier alpha value is -1.30. The summed E-state index contributed by atoms with van der Waals surface area (Å²) < 4.78 is 21.6. The van der Waals surface area contributed by atoms with Gasteiger partial charge in [0.1, 0.15) is 0 Å². The SMILES string of the molecule is NC(COCC1CCOC1)c1ccc2c(c1)OCO2. The first kappa shape index (κ1) is 12.7. The van der Waals surface area contributed by atoms with E-state index in [0.29, 0.717) is 12.5 Å². The summed E-state index contributed by atoms with van der Waals surface area (Å²) in [6, 6.07) is 5.63. The molecule has 0 bridgehead atoms. The molecule has 1 fully saturated rings. The van der Waals surface area contributed by atoms with Crippen molar-refractivity contribution in [3.63, 3.8) is 0 Å². The topological polar surface area (TPSA) is 62.9 Å². The molecule has 2 unspecified atom stereocenters. The van der Waals surface area contributed by atoms with Crippen LogP contribution >= 0.6 is 0 Å². The van der Waals surface area contributed by atoms with Gasteiger partial charge in [0.25, 0.3) is 0 Å². The van der Waals surface area contributed by atoms with E-state index in [1.165, 1.54) is 0 Å². The van der Waals surface area contributed by atoms with Gasteiger partial charge in [0.15, 0.2) is 11.5 Å². The van der Waals surface area contributed by atoms with Crippen molar-refractivity contribution in [2.75, 3.05) is 33.2 Å². The van der Waals surface area contributed by atoms with Crippen molar-refractivity contribution in [3.05, 3.63) is 23.8 Å². The first-order chi connectivity index (χ1) is 9.33. The number of hydrogen-bond donors (Lipinski definition) is 1. The van der Waals surface area contributed by atoms with Crippen LogP contribution in [0.2, 0.25) is 0 Å². The zero-order valence-electron chi connectivity index (χ0n) is 10.8. The molecular formula is C14H19NO4. The maximum Gasteiger partial charge on any atom is 0.231 e. The average Bonchev–Trinajstić information content (AvgIpc) is 3.08. The first-order valence-corrected chi connectivity index (χ1v) is 6.63. The molecule has 0 radical (unpaired) electrons. The second-order valence-corrected chi connectivity index (χ2v) is 4.99. The van der Waals surface area contributed by atoms with Crippen LogP contribution in [0.25, 0.3) is 0 Å². The maximum absolute atomic E-state index is 6.12. The quantitative estimate of drug-likeness (QED) is 0.873. The molecule has 5 heteroatoms. The molecule has 2 N–H and O–H groups in total. The van der Waals surface area contributed by atoms with Gasteiger partial charge >= 0.3 is 0 Å². The van der Waals surface area contributed by atoms with Gasteiger partial charge in [-0.25, -0.2) is 0 Å². The predicted octanol–water partition coefficient (Wildman–Crippen LogP) is 1.47. The molecule has 0 aliphatic carbocycles. The fourth-order valence-electron chi connectivity index (χ4n) is 2.32. The summed E-state index contributed by atoms with van der Waals surface area (Å²) in [6.07, 6.45) is 1.08. The van der Waals surface area contributed by atoms with E-state index in [2.05, 4.69) is 0 Å². The third-order valence-corrected chi connectivity index (χ3v) is 3.50. The van der Waals surface area contributed by atoms with Crippen molar-refractivity contribution < 1.29 is 18.9 Å². The maximum atomic E-state index is 6.12. The van der Waals surface area contributed by atoms with Gasteiger partial charge in [-0.15, -0.1) is 0 Å². The summed E-state index contributed by atoms with van der Waals surface area (Å²) in [7, 11) is 0. The molecule has 2 aliphatic heterocycles. The van der Waals surface area contributed by atoms with Crippen LogP contribution < -0.4 is 15.2 Å². The highest BCUT2D eigenvalue weighted by molar-refractivity contribution is 5.45.